The van der Waals surface area contributed by atoms with E-state index >= 15 is 0 Å². The van der Waals surface area contributed by atoms with Gasteiger partial charge in [-0.15, -0.1) is 0 Å². The lowest BCUT2D eigenvalue weighted by atomic mass is 10.1. The van der Waals surface area contributed by atoms with Gasteiger partial charge in [-0.05, 0) is 63.9 Å². The van der Waals surface area contributed by atoms with Gasteiger partial charge in [0.25, 0.3) is 0 Å². The van der Waals surface area contributed by atoms with Crippen molar-refractivity contribution in [2.24, 2.45) is 5.92 Å². The van der Waals surface area contributed by atoms with Crippen LogP contribution in [-0.4, -0.2) is 62.0 Å². The number of aromatic nitrogens is 4. The number of benzene rings is 1. The maximum Gasteiger partial charge on any atom is 0.227 e. The summed E-state index contributed by atoms with van der Waals surface area (Å²) in [4.78, 5) is 18.8. The SMILES string of the molecule is Cc1ncc(-c2ccnc(Nc3ccc(CN4CC[C@H](N(C)CC(C)C)C4)cc3)n2)n1C(C)C. The van der Waals surface area contributed by atoms with E-state index in [2.05, 4.69) is 88.7 Å². The molecule has 182 valence electrons. The molecule has 3 aromatic rings. The zero-order valence-corrected chi connectivity index (χ0v) is 21.5. The third-order valence-corrected chi connectivity index (χ3v) is 6.56. The van der Waals surface area contributed by atoms with Gasteiger partial charge >= 0.3 is 0 Å². The summed E-state index contributed by atoms with van der Waals surface area (Å²) < 4.78 is 2.20. The van der Waals surface area contributed by atoms with Gasteiger partial charge in [0.2, 0.25) is 5.95 Å². The van der Waals surface area contributed by atoms with Crippen LogP contribution in [0.2, 0.25) is 0 Å². The molecule has 0 amide bonds. The maximum atomic E-state index is 4.75. The monoisotopic (exact) mass is 461 g/mol. The van der Waals surface area contributed by atoms with Gasteiger partial charge in [-0.2, -0.15) is 0 Å². The topological polar surface area (TPSA) is 62.1 Å². The minimum Gasteiger partial charge on any atom is -0.324 e. The highest BCUT2D eigenvalue weighted by molar-refractivity contribution is 5.59. The Kier molecular flexibility index (Phi) is 7.63. The summed E-state index contributed by atoms with van der Waals surface area (Å²) in [5.74, 6) is 2.30. The lowest BCUT2D eigenvalue weighted by molar-refractivity contribution is 0.209. The van der Waals surface area contributed by atoms with E-state index in [0.29, 0.717) is 23.9 Å². The van der Waals surface area contributed by atoms with Gasteiger partial charge < -0.3 is 14.8 Å². The molecule has 4 rings (SSSR count). The second-order valence-corrected chi connectivity index (χ2v) is 10.3. The molecule has 1 saturated heterocycles. The molecule has 1 aliphatic rings. The van der Waals surface area contributed by atoms with Crippen molar-refractivity contribution in [2.45, 2.75) is 59.7 Å². The van der Waals surface area contributed by atoms with Crippen LogP contribution in [0.15, 0.2) is 42.7 Å². The highest BCUT2D eigenvalue weighted by Crippen LogP contribution is 2.24. The van der Waals surface area contributed by atoms with Crippen LogP contribution in [0.4, 0.5) is 11.6 Å². The van der Waals surface area contributed by atoms with E-state index in [1.807, 2.05) is 19.2 Å². The Balaban J connectivity index is 1.37. The number of hydrogen-bond acceptors (Lipinski definition) is 6. The smallest absolute Gasteiger partial charge is 0.227 e. The number of hydrogen-bond donors (Lipinski definition) is 1. The zero-order chi connectivity index (χ0) is 24.2. The van der Waals surface area contributed by atoms with E-state index in [1.54, 1.807) is 6.20 Å². The molecule has 0 spiro atoms. The van der Waals surface area contributed by atoms with E-state index < -0.39 is 0 Å². The first kappa shape index (κ1) is 24.4. The minimum atomic E-state index is 0.318. The molecule has 0 radical (unpaired) electrons. The molecular weight excluding hydrogens is 422 g/mol. The second kappa shape index (κ2) is 10.7. The van der Waals surface area contributed by atoms with Gasteiger partial charge in [-0.25, -0.2) is 15.0 Å². The summed E-state index contributed by atoms with van der Waals surface area (Å²) >= 11 is 0. The molecule has 1 N–H and O–H groups in total. The summed E-state index contributed by atoms with van der Waals surface area (Å²) in [6.45, 7) is 15.4. The molecule has 0 bridgehead atoms. The summed E-state index contributed by atoms with van der Waals surface area (Å²) in [6.07, 6.45) is 4.94. The Morgan fingerprint density at radius 2 is 1.85 bits per heavy atom. The van der Waals surface area contributed by atoms with Crippen LogP contribution < -0.4 is 5.32 Å². The molecule has 1 aromatic carbocycles. The summed E-state index contributed by atoms with van der Waals surface area (Å²) in [7, 11) is 2.27. The Morgan fingerprint density at radius 1 is 1.09 bits per heavy atom. The second-order valence-electron chi connectivity index (χ2n) is 10.3. The first-order chi connectivity index (χ1) is 16.3. The number of nitrogens with one attached hydrogen (secondary N) is 1. The van der Waals surface area contributed by atoms with Crippen molar-refractivity contribution in [1.29, 1.82) is 0 Å². The number of anilines is 2. The Morgan fingerprint density at radius 3 is 2.56 bits per heavy atom. The zero-order valence-electron chi connectivity index (χ0n) is 21.5. The summed E-state index contributed by atoms with van der Waals surface area (Å²) in [5.41, 5.74) is 4.21. The number of likely N-dealkylation sites (N-methyl/N-ethyl adjacent to an activating group) is 1. The van der Waals surface area contributed by atoms with Crippen LogP contribution in [0.3, 0.4) is 0 Å². The van der Waals surface area contributed by atoms with Crippen LogP contribution in [0.5, 0.6) is 0 Å². The molecule has 1 aliphatic heterocycles. The molecule has 7 heteroatoms. The lowest BCUT2D eigenvalue weighted by Crippen LogP contribution is -2.36. The third kappa shape index (κ3) is 5.83. The minimum absolute atomic E-state index is 0.318. The molecule has 1 atom stereocenters. The van der Waals surface area contributed by atoms with Crippen molar-refractivity contribution in [3.8, 4) is 11.4 Å². The molecular formula is C27H39N7. The standard InChI is InChI=1S/C27H39N7/c1-19(2)16-32(6)24-12-14-33(18-24)17-22-7-9-23(10-8-22)30-27-28-13-11-25(31-27)26-15-29-21(5)34(26)20(3)4/h7-11,13,15,19-20,24H,12,14,16-18H2,1-6H3,(H,28,30,31)/t24-/m0/s1. The molecule has 0 unspecified atom stereocenters. The largest absolute Gasteiger partial charge is 0.324 e. The average molecular weight is 462 g/mol. The van der Waals surface area contributed by atoms with Crippen LogP contribution in [0, 0.1) is 12.8 Å². The quantitative estimate of drug-likeness (QED) is 0.476. The van der Waals surface area contributed by atoms with E-state index in [1.165, 1.54) is 25.1 Å². The van der Waals surface area contributed by atoms with Gasteiger partial charge in [0.15, 0.2) is 0 Å². The fourth-order valence-corrected chi connectivity index (χ4v) is 4.98. The Hall–Kier alpha value is -2.77. The first-order valence-electron chi connectivity index (χ1n) is 12.5. The first-order valence-corrected chi connectivity index (χ1v) is 12.5. The summed E-state index contributed by atoms with van der Waals surface area (Å²) in [5, 5.41) is 3.36. The van der Waals surface area contributed by atoms with Gasteiger partial charge in [-0.3, -0.25) is 4.90 Å². The fraction of sp³-hybridized carbons (Fsp3) is 0.519. The predicted octanol–water partition coefficient (Wildman–Crippen LogP) is 5.14. The average Bonchev–Trinajstić information content (AvgIpc) is 3.41. The van der Waals surface area contributed by atoms with Crippen molar-refractivity contribution in [2.75, 3.05) is 32.0 Å². The number of rotatable bonds is 9. The van der Waals surface area contributed by atoms with E-state index in [-0.39, 0.29) is 0 Å². The van der Waals surface area contributed by atoms with E-state index in [0.717, 1.165) is 36.0 Å². The molecule has 3 heterocycles. The molecule has 7 nitrogen and oxygen atoms in total. The molecule has 1 fully saturated rings. The molecule has 0 aliphatic carbocycles. The van der Waals surface area contributed by atoms with Crippen LogP contribution in [0.25, 0.3) is 11.4 Å². The highest BCUT2D eigenvalue weighted by atomic mass is 15.2. The van der Waals surface area contributed by atoms with Crippen LogP contribution >= 0.6 is 0 Å². The Labute approximate surface area is 204 Å². The van der Waals surface area contributed by atoms with Crippen molar-refractivity contribution in [3.05, 3.63) is 54.1 Å². The predicted molar refractivity (Wildman–Crippen MR) is 139 cm³/mol. The van der Waals surface area contributed by atoms with Crippen molar-refractivity contribution >= 4 is 11.6 Å². The number of imidazole rings is 1. The normalized spacial score (nSPS) is 16.8. The number of likely N-dealkylation sites (tertiary alicyclic amines) is 1. The lowest BCUT2D eigenvalue weighted by Gasteiger charge is -2.26. The van der Waals surface area contributed by atoms with Crippen molar-refractivity contribution < 1.29 is 0 Å². The Bertz CT molecular complexity index is 1070. The fourth-order valence-electron chi connectivity index (χ4n) is 4.98. The summed E-state index contributed by atoms with van der Waals surface area (Å²) in [6, 6.07) is 11.6. The van der Waals surface area contributed by atoms with Gasteiger partial charge in [0.1, 0.15) is 5.82 Å². The maximum absolute atomic E-state index is 4.75. The van der Waals surface area contributed by atoms with E-state index in [9.17, 15) is 0 Å². The number of nitrogens with zero attached hydrogens (tertiary/aromatic N) is 6. The van der Waals surface area contributed by atoms with Gasteiger partial charge in [0, 0.05) is 50.1 Å². The highest BCUT2D eigenvalue weighted by Gasteiger charge is 2.25. The van der Waals surface area contributed by atoms with Crippen molar-refractivity contribution in [3.63, 3.8) is 0 Å². The van der Waals surface area contributed by atoms with Gasteiger partial charge in [-0.1, -0.05) is 26.0 Å². The third-order valence-electron chi connectivity index (χ3n) is 6.56. The van der Waals surface area contributed by atoms with E-state index in [4.69, 9.17) is 4.98 Å². The molecule has 34 heavy (non-hydrogen) atoms. The molecule has 0 saturated carbocycles. The molecule has 2 aromatic heterocycles. The van der Waals surface area contributed by atoms with Gasteiger partial charge in [0.05, 0.1) is 17.6 Å². The number of aryl methyl sites for hydroxylation is 1. The van der Waals surface area contributed by atoms with Crippen molar-refractivity contribution in [1.82, 2.24) is 29.3 Å². The van der Waals surface area contributed by atoms with Crippen LogP contribution in [0.1, 0.15) is 51.5 Å². The van der Waals surface area contributed by atoms with Crippen LogP contribution in [-0.2, 0) is 6.54 Å².